The molecule has 0 aliphatic heterocycles. The van der Waals surface area contributed by atoms with Crippen LogP contribution in [0.4, 0.5) is 0 Å². The Hall–Kier alpha value is -1.54. The van der Waals surface area contributed by atoms with E-state index in [1.807, 2.05) is 21.0 Å². The fraction of sp³-hybridized carbons (Fsp3) is 0.714. The van der Waals surface area contributed by atoms with Crippen LogP contribution in [0, 0.1) is 18.3 Å². The third-order valence-electron chi connectivity index (χ3n) is 3.55. The highest BCUT2D eigenvalue weighted by Gasteiger charge is 2.35. The summed E-state index contributed by atoms with van der Waals surface area (Å²) in [5.41, 5.74) is -0.709. The quantitative estimate of drug-likeness (QED) is 0.677. The predicted octanol–water partition coefficient (Wildman–Crippen LogP) is 0.217. The lowest BCUT2D eigenvalue weighted by molar-refractivity contribution is -0.135. The molecule has 5 nitrogen and oxygen atoms in total. The molecule has 0 saturated carbocycles. The molecule has 2 N–H and O–H groups in total. The van der Waals surface area contributed by atoms with Crippen LogP contribution in [0.25, 0.3) is 0 Å². The van der Waals surface area contributed by atoms with Gasteiger partial charge in [-0.15, -0.1) is 12.3 Å². The summed E-state index contributed by atoms with van der Waals surface area (Å²) in [6.45, 7) is 5.48. The minimum Gasteiger partial charge on any atom is -0.357 e. The molecule has 108 valence electrons. The summed E-state index contributed by atoms with van der Waals surface area (Å²) in [5, 5.41) is 5.29. The van der Waals surface area contributed by atoms with E-state index in [4.69, 9.17) is 6.42 Å². The number of rotatable bonds is 6. The van der Waals surface area contributed by atoms with Crippen LogP contribution in [0.3, 0.4) is 0 Å². The number of nitrogens with one attached hydrogen (secondary N) is 2. The van der Waals surface area contributed by atoms with Crippen molar-refractivity contribution in [2.45, 2.75) is 38.8 Å². The Kier molecular flexibility index (Phi) is 6.57. The van der Waals surface area contributed by atoms with Crippen molar-refractivity contribution in [3.05, 3.63) is 0 Å². The number of amides is 2. The molecule has 0 spiro atoms. The summed E-state index contributed by atoms with van der Waals surface area (Å²) < 4.78 is 0. The Bertz CT molecular complexity index is 369. The van der Waals surface area contributed by atoms with Gasteiger partial charge in [0.2, 0.25) is 11.8 Å². The molecule has 0 aromatic rings. The fourth-order valence-corrected chi connectivity index (χ4v) is 1.48. The monoisotopic (exact) mass is 267 g/mol. The molecule has 2 atom stereocenters. The zero-order valence-corrected chi connectivity index (χ0v) is 12.7. The second kappa shape index (κ2) is 7.15. The first kappa shape index (κ1) is 17.5. The number of carbonyl (C=O) groups is 2. The molecule has 0 aliphatic rings. The molecule has 0 heterocycles. The Morgan fingerprint density at radius 2 is 1.89 bits per heavy atom. The number of hydrogen-bond acceptors (Lipinski definition) is 3. The second-order valence-corrected chi connectivity index (χ2v) is 5.20. The summed E-state index contributed by atoms with van der Waals surface area (Å²) >= 11 is 0. The first-order valence-corrected chi connectivity index (χ1v) is 6.38. The molecule has 2 amide bonds. The van der Waals surface area contributed by atoms with Gasteiger partial charge in [-0.2, -0.15) is 0 Å². The fourth-order valence-electron chi connectivity index (χ4n) is 1.48. The van der Waals surface area contributed by atoms with Gasteiger partial charge in [0.25, 0.3) is 0 Å². The molecule has 5 heteroatoms. The predicted molar refractivity (Wildman–Crippen MR) is 76.4 cm³/mol. The van der Waals surface area contributed by atoms with Gasteiger partial charge in [-0.25, -0.2) is 0 Å². The highest BCUT2D eigenvalue weighted by atomic mass is 16.2. The first-order chi connectivity index (χ1) is 8.72. The van der Waals surface area contributed by atoms with Gasteiger partial charge in [-0.3, -0.25) is 14.5 Å². The Balaban J connectivity index is 5.10. The molecule has 0 aromatic heterocycles. The van der Waals surface area contributed by atoms with E-state index in [1.165, 1.54) is 7.05 Å². The Labute approximate surface area is 116 Å². The molecule has 0 aromatic carbocycles. The highest BCUT2D eigenvalue weighted by molar-refractivity contribution is 5.91. The maximum atomic E-state index is 12.3. The van der Waals surface area contributed by atoms with Crippen LogP contribution in [0.2, 0.25) is 0 Å². The van der Waals surface area contributed by atoms with Crippen molar-refractivity contribution in [3.63, 3.8) is 0 Å². The smallest absolute Gasteiger partial charge is 0.243 e. The standard InChI is InChI=1S/C14H25N3O2/c1-8-10(9-2)11(12(18)15-5)16-13(19)14(3,4)17(6)7/h1,10-11H,9H2,2-7H3,(H,15,18)(H,16,19)/t10-,11-/m0/s1. The molecule has 0 radical (unpaired) electrons. The topological polar surface area (TPSA) is 61.4 Å². The average molecular weight is 267 g/mol. The summed E-state index contributed by atoms with van der Waals surface area (Å²) in [7, 11) is 5.15. The number of hydrogen-bond donors (Lipinski definition) is 2. The van der Waals surface area contributed by atoms with E-state index < -0.39 is 11.6 Å². The number of carbonyl (C=O) groups excluding carboxylic acids is 2. The lowest BCUT2D eigenvalue weighted by Crippen LogP contribution is -2.58. The van der Waals surface area contributed by atoms with Crippen LogP contribution >= 0.6 is 0 Å². The Morgan fingerprint density at radius 1 is 1.37 bits per heavy atom. The van der Waals surface area contributed by atoms with Crippen LogP contribution in [0.15, 0.2) is 0 Å². The van der Waals surface area contributed by atoms with Gasteiger partial charge in [0, 0.05) is 13.0 Å². The van der Waals surface area contributed by atoms with E-state index in [9.17, 15) is 9.59 Å². The van der Waals surface area contributed by atoms with Crippen molar-refractivity contribution in [3.8, 4) is 12.3 Å². The average Bonchev–Trinajstić information content (AvgIpc) is 2.37. The van der Waals surface area contributed by atoms with Crippen LogP contribution < -0.4 is 10.6 Å². The number of terminal acetylenes is 1. The summed E-state index contributed by atoms with van der Waals surface area (Å²) in [6.07, 6.45) is 6.05. The largest absolute Gasteiger partial charge is 0.357 e. The number of likely N-dealkylation sites (N-methyl/N-ethyl adjacent to an activating group) is 2. The molecular formula is C14H25N3O2. The van der Waals surface area contributed by atoms with Gasteiger partial charge in [0.05, 0.1) is 5.54 Å². The third kappa shape index (κ3) is 4.25. The van der Waals surface area contributed by atoms with Crippen LogP contribution in [-0.2, 0) is 9.59 Å². The van der Waals surface area contributed by atoms with Gasteiger partial charge >= 0.3 is 0 Å². The summed E-state index contributed by atoms with van der Waals surface area (Å²) in [6, 6.07) is -0.702. The van der Waals surface area contributed by atoms with Crippen LogP contribution in [0.5, 0.6) is 0 Å². The minimum absolute atomic E-state index is 0.222. The van der Waals surface area contributed by atoms with Crippen LogP contribution in [0.1, 0.15) is 27.2 Å². The molecule has 0 saturated heterocycles. The normalized spacial score (nSPS) is 14.4. The first-order valence-electron chi connectivity index (χ1n) is 6.38. The van der Waals surface area contributed by atoms with E-state index in [0.29, 0.717) is 6.42 Å². The molecule has 0 fully saturated rings. The van der Waals surface area contributed by atoms with Crippen molar-refractivity contribution in [2.75, 3.05) is 21.1 Å². The van der Waals surface area contributed by atoms with Crippen molar-refractivity contribution in [2.24, 2.45) is 5.92 Å². The van der Waals surface area contributed by atoms with E-state index in [1.54, 1.807) is 18.7 Å². The van der Waals surface area contributed by atoms with Crippen molar-refractivity contribution in [1.29, 1.82) is 0 Å². The van der Waals surface area contributed by atoms with Gasteiger partial charge < -0.3 is 10.6 Å². The van der Waals surface area contributed by atoms with Gasteiger partial charge in [-0.1, -0.05) is 6.92 Å². The zero-order valence-electron chi connectivity index (χ0n) is 12.7. The highest BCUT2D eigenvalue weighted by Crippen LogP contribution is 2.13. The Morgan fingerprint density at radius 3 is 2.21 bits per heavy atom. The minimum atomic E-state index is -0.709. The SMILES string of the molecule is C#C[C@@H](CC)[C@H](NC(=O)C(C)(C)N(C)C)C(=O)NC. The maximum absolute atomic E-state index is 12.3. The van der Waals surface area contributed by atoms with Crippen molar-refractivity contribution >= 4 is 11.8 Å². The van der Waals surface area contributed by atoms with Gasteiger partial charge in [-0.05, 0) is 34.4 Å². The molecule has 0 unspecified atom stereocenters. The van der Waals surface area contributed by atoms with E-state index in [0.717, 1.165) is 0 Å². The zero-order chi connectivity index (χ0) is 15.2. The van der Waals surface area contributed by atoms with E-state index in [-0.39, 0.29) is 17.7 Å². The van der Waals surface area contributed by atoms with Crippen molar-refractivity contribution in [1.82, 2.24) is 15.5 Å². The van der Waals surface area contributed by atoms with Gasteiger partial charge in [0.15, 0.2) is 0 Å². The maximum Gasteiger partial charge on any atom is 0.243 e. The summed E-state index contributed by atoms with van der Waals surface area (Å²) in [4.78, 5) is 25.9. The van der Waals surface area contributed by atoms with Crippen LogP contribution in [-0.4, -0.2) is 49.4 Å². The van der Waals surface area contributed by atoms with Gasteiger partial charge in [0.1, 0.15) is 6.04 Å². The lowest BCUT2D eigenvalue weighted by Gasteiger charge is -2.33. The molecule has 0 rings (SSSR count). The molecule has 0 aliphatic carbocycles. The van der Waals surface area contributed by atoms with Crippen molar-refractivity contribution < 1.29 is 9.59 Å². The molecule has 0 bridgehead atoms. The number of nitrogens with zero attached hydrogens (tertiary/aromatic N) is 1. The third-order valence-corrected chi connectivity index (χ3v) is 3.55. The molecular weight excluding hydrogens is 242 g/mol. The summed E-state index contributed by atoms with van der Waals surface area (Å²) in [5.74, 6) is 1.75. The van der Waals surface area contributed by atoms with E-state index >= 15 is 0 Å². The molecule has 19 heavy (non-hydrogen) atoms. The second-order valence-electron chi connectivity index (χ2n) is 5.20. The lowest BCUT2D eigenvalue weighted by atomic mass is 9.95. The van der Waals surface area contributed by atoms with E-state index in [2.05, 4.69) is 16.6 Å².